The van der Waals surface area contributed by atoms with Crippen LogP contribution >= 0.6 is 0 Å². The summed E-state index contributed by atoms with van der Waals surface area (Å²) in [6, 6.07) is 0. The van der Waals surface area contributed by atoms with Gasteiger partial charge in [-0.25, -0.2) is 0 Å². The van der Waals surface area contributed by atoms with Gasteiger partial charge in [-0.05, 0) is 18.9 Å². The van der Waals surface area contributed by atoms with Crippen molar-refractivity contribution in [2.24, 2.45) is 0 Å². The fraction of sp³-hybridized carbons (Fsp3) is 0.733. The zero-order valence-corrected chi connectivity index (χ0v) is 10.6. The number of hydrogen-bond donors (Lipinski definition) is 0. The normalized spacial score (nSPS) is 9.47. The average Bonchev–Trinajstić information content (AvgIpc) is 2.20. The van der Waals surface area contributed by atoms with Gasteiger partial charge in [0.05, 0.1) is 0 Å². The Kier molecular flexibility index (Phi) is 10.8. The van der Waals surface area contributed by atoms with Crippen molar-refractivity contribution < 1.29 is 0 Å². The highest BCUT2D eigenvalue weighted by molar-refractivity contribution is 5.22. The Balaban J connectivity index is 3.06. The first kappa shape index (κ1) is 14.3. The molecule has 0 aromatic rings. The summed E-state index contributed by atoms with van der Waals surface area (Å²) in [5.74, 6) is 6.17. The fourth-order valence-electron chi connectivity index (χ4n) is 1.56. The summed E-state index contributed by atoms with van der Waals surface area (Å²) in [6.45, 7) is 7.98. The molecule has 0 nitrogen and oxygen atoms in total. The van der Waals surface area contributed by atoms with Gasteiger partial charge in [0.15, 0.2) is 0 Å². The molecule has 0 aliphatic carbocycles. The molecule has 0 spiro atoms. The predicted molar refractivity (Wildman–Crippen MR) is 69.8 cm³/mol. The van der Waals surface area contributed by atoms with E-state index in [2.05, 4.69) is 25.3 Å². The van der Waals surface area contributed by atoms with Crippen LogP contribution in [0.25, 0.3) is 0 Å². The van der Waals surface area contributed by atoms with Gasteiger partial charge < -0.3 is 0 Å². The first-order chi connectivity index (χ1) is 7.27. The summed E-state index contributed by atoms with van der Waals surface area (Å²) in [5, 5.41) is 0. The second-order valence-electron chi connectivity index (χ2n) is 4.31. The van der Waals surface area contributed by atoms with E-state index in [0.717, 1.165) is 12.0 Å². The van der Waals surface area contributed by atoms with Crippen LogP contribution in [0.15, 0.2) is 12.2 Å². The molecular weight excluding hydrogens is 180 g/mol. The zero-order valence-electron chi connectivity index (χ0n) is 10.6. The molecule has 0 aromatic heterocycles. The Morgan fingerprint density at radius 1 is 0.933 bits per heavy atom. The summed E-state index contributed by atoms with van der Waals surface area (Å²) in [5.41, 5.74) is 0.981. The van der Waals surface area contributed by atoms with Crippen molar-refractivity contribution in [2.75, 3.05) is 0 Å². The maximum absolute atomic E-state index is 3.76. The third-order valence-corrected chi connectivity index (χ3v) is 2.46. The summed E-state index contributed by atoms with van der Waals surface area (Å²) < 4.78 is 0. The highest BCUT2D eigenvalue weighted by atomic mass is 14.0. The van der Waals surface area contributed by atoms with E-state index < -0.39 is 0 Å². The van der Waals surface area contributed by atoms with Crippen LogP contribution < -0.4 is 0 Å². The second-order valence-corrected chi connectivity index (χ2v) is 4.31. The first-order valence-electron chi connectivity index (χ1n) is 6.41. The molecule has 0 N–H and O–H groups in total. The Morgan fingerprint density at radius 2 is 1.47 bits per heavy atom. The molecule has 0 fully saturated rings. The molecule has 86 valence electrons. The van der Waals surface area contributed by atoms with Gasteiger partial charge in [0.2, 0.25) is 0 Å². The monoisotopic (exact) mass is 206 g/mol. The van der Waals surface area contributed by atoms with E-state index in [-0.39, 0.29) is 0 Å². The molecule has 0 rings (SSSR count). The molecule has 0 unspecified atom stereocenters. The maximum atomic E-state index is 3.76. The molecule has 0 atom stereocenters. The van der Waals surface area contributed by atoms with Gasteiger partial charge in [-0.3, -0.25) is 0 Å². The van der Waals surface area contributed by atoms with E-state index in [1.165, 1.54) is 51.4 Å². The van der Waals surface area contributed by atoms with E-state index in [1.54, 1.807) is 0 Å². The van der Waals surface area contributed by atoms with E-state index in [0.29, 0.717) is 0 Å². The molecule has 0 heteroatoms. The minimum atomic E-state index is 0.981. The minimum Gasteiger partial charge on any atom is -0.0983 e. The van der Waals surface area contributed by atoms with Crippen LogP contribution in [-0.2, 0) is 0 Å². The maximum Gasteiger partial charge on any atom is 0.00923 e. The van der Waals surface area contributed by atoms with E-state index in [4.69, 9.17) is 0 Å². The van der Waals surface area contributed by atoms with Crippen molar-refractivity contribution in [2.45, 2.75) is 71.6 Å². The third kappa shape index (κ3) is 13.3. The highest BCUT2D eigenvalue weighted by Crippen LogP contribution is 2.09. The average molecular weight is 206 g/mol. The minimum absolute atomic E-state index is 0.981. The van der Waals surface area contributed by atoms with Crippen LogP contribution in [-0.4, -0.2) is 0 Å². The van der Waals surface area contributed by atoms with Gasteiger partial charge in [0, 0.05) is 6.42 Å². The Morgan fingerprint density at radius 3 is 2.00 bits per heavy atom. The van der Waals surface area contributed by atoms with Gasteiger partial charge in [-0.1, -0.05) is 70.3 Å². The lowest BCUT2D eigenvalue weighted by Gasteiger charge is -1.99. The molecular formula is C15H26. The predicted octanol–water partition coefficient (Wildman–Crippen LogP) is 5.10. The van der Waals surface area contributed by atoms with Gasteiger partial charge in [0.1, 0.15) is 0 Å². The molecule has 15 heavy (non-hydrogen) atoms. The summed E-state index contributed by atoms with van der Waals surface area (Å²) in [7, 11) is 0. The van der Waals surface area contributed by atoms with Crippen molar-refractivity contribution in [3.63, 3.8) is 0 Å². The van der Waals surface area contributed by atoms with Gasteiger partial charge in [0.25, 0.3) is 0 Å². The van der Waals surface area contributed by atoms with Crippen molar-refractivity contribution in [1.82, 2.24) is 0 Å². The van der Waals surface area contributed by atoms with Crippen LogP contribution in [0.5, 0.6) is 0 Å². The van der Waals surface area contributed by atoms with E-state index in [9.17, 15) is 0 Å². The van der Waals surface area contributed by atoms with Crippen LogP contribution in [0.3, 0.4) is 0 Å². The third-order valence-electron chi connectivity index (χ3n) is 2.46. The van der Waals surface area contributed by atoms with Crippen molar-refractivity contribution in [1.29, 1.82) is 0 Å². The quantitative estimate of drug-likeness (QED) is 0.383. The Labute approximate surface area is 96.2 Å². The Bertz CT molecular complexity index is 202. The molecule has 0 saturated carbocycles. The Hall–Kier alpha value is -0.700. The number of unbranched alkanes of at least 4 members (excludes halogenated alkanes) is 8. The molecule has 0 aliphatic heterocycles. The first-order valence-corrected chi connectivity index (χ1v) is 6.41. The lowest BCUT2D eigenvalue weighted by atomic mass is 10.1. The summed E-state index contributed by atoms with van der Waals surface area (Å²) >= 11 is 0. The summed E-state index contributed by atoms with van der Waals surface area (Å²) in [6.07, 6.45) is 12.0. The molecule has 0 amide bonds. The van der Waals surface area contributed by atoms with E-state index in [1.807, 2.05) is 6.92 Å². The molecule has 0 heterocycles. The molecule has 0 radical (unpaired) electrons. The van der Waals surface area contributed by atoms with Crippen LogP contribution in [0, 0.1) is 11.8 Å². The molecule has 0 aromatic carbocycles. The number of rotatable bonds is 8. The zero-order chi connectivity index (χ0) is 11.4. The largest absolute Gasteiger partial charge is 0.0983 e. The smallest absolute Gasteiger partial charge is 0.00923 e. The van der Waals surface area contributed by atoms with E-state index >= 15 is 0 Å². The SMILES string of the molecule is C=C(C)C#CCCCCCCCCCC. The standard InChI is InChI=1S/C15H26/c1-4-5-6-7-8-9-10-11-12-13-14-15(2)3/h2,4-12H2,1,3H3. The number of allylic oxidation sites excluding steroid dienone is 1. The topological polar surface area (TPSA) is 0 Å². The van der Waals surface area contributed by atoms with Crippen LogP contribution in [0.2, 0.25) is 0 Å². The highest BCUT2D eigenvalue weighted by Gasteiger charge is 1.90. The lowest BCUT2D eigenvalue weighted by Crippen LogP contribution is -1.80. The van der Waals surface area contributed by atoms with Crippen LogP contribution in [0.4, 0.5) is 0 Å². The second kappa shape index (κ2) is 11.4. The molecule has 0 bridgehead atoms. The molecule has 0 saturated heterocycles. The van der Waals surface area contributed by atoms with Gasteiger partial charge in [-0.2, -0.15) is 0 Å². The fourth-order valence-corrected chi connectivity index (χ4v) is 1.56. The lowest BCUT2D eigenvalue weighted by molar-refractivity contribution is 0.579. The molecule has 0 aliphatic rings. The van der Waals surface area contributed by atoms with Crippen molar-refractivity contribution >= 4 is 0 Å². The number of hydrogen-bond acceptors (Lipinski definition) is 0. The van der Waals surface area contributed by atoms with Gasteiger partial charge >= 0.3 is 0 Å². The van der Waals surface area contributed by atoms with Gasteiger partial charge in [-0.15, -0.1) is 0 Å². The van der Waals surface area contributed by atoms with Crippen molar-refractivity contribution in [3.05, 3.63) is 12.2 Å². The summed E-state index contributed by atoms with van der Waals surface area (Å²) in [4.78, 5) is 0. The van der Waals surface area contributed by atoms with Crippen molar-refractivity contribution in [3.8, 4) is 11.8 Å². The van der Waals surface area contributed by atoms with Crippen LogP contribution in [0.1, 0.15) is 71.6 Å².